The number of pyridine rings is 1. The minimum Gasteiger partial charge on any atom is -0.379 e. The molecule has 3 heteroatoms. The van der Waals surface area contributed by atoms with Gasteiger partial charge >= 0.3 is 0 Å². The fraction of sp³-hybridized carbons (Fsp3) is 0.500. The van der Waals surface area contributed by atoms with Gasteiger partial charge in [0.05, 0.1) is 12.1 Å². The topological polar surface area (TPSA) is 48.1 Å². The molecule has 0 saturated heterocycles. The van der Waals surface area contributed by atoms with E-state index in [4.69, 9.17) is 10.5 Å². The molecule has 3 nitrogen and oxygen atoms in total. The Hall–Kier alpha value is -1.45. The minimum atomic E-state index is -0.0917. The second-order valence-electron chi connectivity index (χ2n) is 6.07. The maximum Gasteiger partial charge on any atom is 0.0792 e. The van der Waals surface area contributed by atoms with Gasteiger partial charge in [-0.05, 0) is 35.8 Å². The minimum absolute atomic E-state index is 0.0917. The predicted molar refractivity (Wildman–Crippen MR) is 86.0 cm³/mol. The number of ether oxygens (including phenoxy) is 1. The first-order valence-corrected chi connectivity index (χ1v) is 7.92. The van der Waals surface area contributed by atoms with Crippen LogP contribution in [0.15, 0.2) is 36.7 Å². The van der Waals surface area contributed by atoms with Crippen LogP contribution in [0.5, 0.6) is 0 Å². The van der Waals surface area contributed by atoms with Gasteiger partial charge in [-0.2, -0.15) is 0 Å². The fourth-order valence-electron chi connectivity index (χ4n) is 3.70. The lowest BCUT2D eigenvalue weighted by Crippen LogP contribution is -2.36. The number of nitrogens with two attached hydrogens (primary N) is 1. The predicted octanol–water partition coefficient (Wildman–Crippen LogP) is 3.83. The van der Waals surface area contributed by atoms with Crippen LogP contribution < -0.4 is 5.73 Å². The fourth-order valence-corrected chi connectivity index (χ4v) is 3.70. The summed E-state index contributed by atoms with van der Waals surface area (Å²) in [6, 6.07) is 8.24. The van der Waals surface area contributed by atoms with Crippen molar-refractivity contribution in [3.8, 4) is 0 Å². The van der Waals surface area contributed by atoms with Crippen molar-refractivity contribution in [2.45, 2.75) is 44.2 Å². The third-order valence-corrected chi connectivity index (χ3v) is 4.82. The van der Waals surface area contributed by atoms with E-state index in [0.717, 1.165) is 10.9 Å². The summed E-state index contributed by atoms with van der Waals surface area (Å²) in [4.78, 5) is 4.26. The molecular formula is C18H24N2O. The van der Waals surface area contributed by atoms with Crippen molar-refractivity contribution < 1.29 is 4.74 Å². The summed E-state index contributed by atoms with van der Waals surface area (Å²) in [6.07, 6.45) is 10.2. The lowest BCUT2D eigenvalue weighted by molar-refractivity contribution is 0.0176. The average molecular weight is 284 g/mol. The van der Waals surface area contributed by atoms with E-state index in [-0.39, 0.29) is 12.1 Å². The number of hydrogen-bond acceptors (Lipinski definition) is 3. The summed E-state index contributed by atoms with van der Waals surface area (Å²) < 4.78 is 5.81. The molecule has 0 amide bonds. The van der Waals surface area contributed by atoms with E-state index in [0.29, 0.717) is 5.92 Å². The third-order valence-electron chi connectivity index (χ3n) is 4.82. The van der Waals surface area contributed by atoms with Crippen LogP contribution in [-0.4, -0.2) is 18.2 Å². The van der Waals surface area contributed by atoms with Crippen molar-refractivity contribution in [2.24, 2.45) is 11.7 Å². The summed E-state index contributed by atoms with van der Waals surface area (Å²) in [5.74, 6) is 0.575. The molecule has 1 aliphatic rings. The SMILES string of the molecule is COC(C1CCCCC1)C(N)c1cccc2ccncc12. The van der Waals surface area contributed by atoms with Crippen LogP contribution in [0.2, 0.25) is 0 Å². The number of methoxy groups -OCH3 is 1. The zero-order valence-electron chi connectivity index (χ0n) is 12.7. The van der Waals surface area contributed by atoms with E-state index in [1.54, 1.807) is 7.11 Å². The van der Waals surface area contributed by atoms with E-state index in [1.807, 2.05) is 18.5 Å². The largest absolute Gasteiger partial charge is 0.379 e. The van der Waals surface area contributed by atoms with Gasteiger partial charge < -0.3 is 10.5 Å². The van der Waals surface area contributed by atoms with Crippen molar-refractivity contribution >= 4 is 10.8 Å². The van der Waals surface area contributed by atoms with Crippen LogP contribution in [0, 0.1) is 5.92 Å². The van der Waals surface area contributed by atoms with Gasteiger partial charge in [-0.3, -0.25) is 4.98 Å². The lowest BCUT2D eigenvalue weighted by Gasteiger charge is -2.33. The smallest absolute Gasteiger partial charge is 0.0792 e. The molecule has 0 bridgehead atoms. The van der Waals surface area contributed by atoms with Gasteiger partial charge in [0, 0.05) is 24.9 Å². The molecule has 0 spiro atoms. The summed E-state index contributed by atoms with van der Waals surface area (Å²) in [6.45, 7) is 0. The van der Waals surface area contributed by atoms with Gasteiger partial charge in [0.15, 0.2) is 0 Å². The highest BCUT2D eigenvalue weighted by Crippen LogP contribution is 2.34. The first kappa shape index (κ1) is 14.5. The zero-order valence-corrected chi connectivity index (χ0v) is 12.7. The van der Waals surface area contributed by atoms with Crippen LogP contribution in [0.25, 0.3) is 10.8 Å². The highest BCUT2D eigenvalue weighted by molar-refractivity contribution is 5.85. The molecule has 112 valence electrons. The zero-order chi connectivity index (χ0) is 14.7. The number of nitrogens with zero attached hydrogens (tertiary/aromatic N) is 1. The number of rotatable bonds is 4. The van der Waals surface area contributed by atoms with Crippen LogP contribution in [0.3, 0.4) is 0 Å². The van der Waals surface area contributed by atoms with E-state index in [1.165, 1.54) is 37.5 Å². The van der Waals surface area contributed by atoms with Crippen molar-refractivity contribution in [2.75, 3.05) is 7.11 Å². The molecule has 2 unspecified atom stereocenters. The normalized spacial score (nSPS) is 19.5. The van der Waals surface area contributed by atoms with E-state index in [9.17, 15) is 0 Å². The quantitative estimate of drug-likeness (QED) is 0.928. The molecule has 2 N–H and O–H groups in total. The summed E-state index contributed by atoms with van der Waals surface area (Å²) in [5, 5.41) is 2.34. The maximum absolute atomic E-state index is 6.59. The molecule has 0 aliphatic heterocycles. The van der Waals surface area contributed by atoms with Crippen LogP contribution in [0.4, 0.5) is 0 Å². The van der Waals surface area contributed by atoms with Crippen molar-refractivity contribution in [1.29, 1.82) is 0 Å². The first-order valence-electron chi connectivity index (χ1n) is 7.92. The van der Waals surface area contributed by atoms with Crippen LogP contribution in [-0.2, 0) is 4.74 Å². The Bertz CT molecular complexity index is 587. The highest BCUT2D eigenvalue weighted by Gasteiger charge is 2.30. The average Bonchev–Trinajstić information content (AvgIpc) is 2.56. The molecule has 2 atom stereocenters. The van der Waals surface area contributed by atoms with Crippen molar-refractivity contribution in [1.82, 2.24) is 4.98 Å². The number of benzene rings is 1. The summed E-state index contributed by atoms with van der Waals surface area (Å²) >= 11 is 0. The summed E-state index contributed by atoms with van der Waals surface area (Å²) in [7, 11) is 1.79. The van der Waals surface area contributed by atoms with Crippen molar-refractivity contribution in [3.05, 3.63) is 42.2 Å². The van der Waals surface area contributed by atoms with Gasteiger partial charge in [-0.15, -0.1) is 0 Å². The van der Waals surface area contributed by atoms with Gasteiger partial charge in [-0.1, -0.05) is 37.5 Å². The highest BCUT2D eigenvalue weighted by atomic mass is 16.5. The first-order chi connectivity index (χ1) is 10.3. The number of fused-ring (bicyclic) bond motifs is 1. The van der Waals surface area contributed by atoms with Gasteiger partial charge in [0.1, 0.15) is 0 Å². The Labute approximate surface area is 126 Å². The van der Waals surface area contributed by atoms with E-state index >= 15 is 0 Å². The van der Waals surface area contributed by atoms with Crippen LogP contribution in [0.1, 0.15) is 43.7 Å². The van der Waals surface area contributed by atoms with Gasteiger partial charge in [0.25, 0.3) is 0 Å². The van der Waals surface area contributed by atoms with Crippen molar-refractivity contribution in [3.63, 3.8) is 0 Å². The molecule has 1 saturated carbocycles. The Morgan fingerprint density at radius 2 is 2.00 bits per heavy atom. The maximum atomic E-state index is 6.59. The Morgan fingerprint density at radius 3 is 2.76 bits per heavy atom. The Kier molecular flexibility index (Phi) is 4.51. The number of hydrogen-bond donors (Lipinski definition) is 1. The molecule has 1 aromatic carbocycles. The molecule has 1 aliphatic carbocycles. The molecule has 3 rings (SSSR count). The molecule has 21 heavy (non-hydrogen) atoms. The molecule has 0 radical (unpaired) electrons. The Balaban J connectivity index is 1.92. The monoisotopic (exact) mass is 284 g/mol. The van der Waals surface area contributed by atoms with E-state index in [2.05, 4.69) is 23.2 Å². The molecule has 1 heterocycles. The van der Waals surface area contributed by atoms with Gasteiger partial charge in [0.2, 0.25) is 0 Å². The molecular weight excluding hydrogens is 260 g/mol. The van der Waals surface area contributed by atoms with Crippen LogP contribution >= 0.6 is 0 Å². The standard InChI is InChI=1S/C18H24N2O/c1-21-18(14-6-3-2-4-7-14)17(19)15-9-5-8-13-10-11-20-12-16(13)15/h5,8-12,14,17-18H,2-4,6-7,19H2,1H3. The molecule has 1 fully saturated rings. The lowest BCUT2D eigenvalue weighted by atomic mass is 9.80. The second kappa shape index (κ2) is 6.54. The second-order valence-corrected chi connectivity index (χ2v) is 6.07. The molecule has 1 aromatic heterocycles. The molecule has 2 aromatic rings. The third kappa shape index (κ3) is 2.94. The van der Waals surface area contributed by atoms with E-state index < -0.39 is 0 Å². The van der Waals surface area contributed by atoms with Gasteiger partial charge in [-0.25, -0.2) is 0 Å². The Morgan fingerprint density at radius 1 is 1.19 bits per heavy atom. The summed E-state index contributed by atoms with van der Waals surface area (Å²) in [5.41, 5.74) is 7.74. The number of aromatic nitrogens is 1.